The van der Waals surface area contributed by atoms with Crippen LogP contribution in [0.25, 0.3) is 0 Å². The SMILES string of the molecule is COc1cc(OC)c(C(c2ccccc2Br)N2CCNCC2)cc1OC. The monoisotopic (exact) mass is 420 g/mol. The van der Waals surface area contributed by atoms with Crippen molar-refractivity contribution in [2.75, 3.05) is 47.5 Å². The van der Waals surface area contributed by atoms with E-state index in [9.17, 15) is 0 Å². The Hall–Kier alpha value is -1.76. The van der Waals surface area contributed by atoms with Gasteiger partial charge >= 0.3 is 0 Å². The molecule has 3 rings (SSSR count). The largest absolute Gasteiger partial charge is 0.496 e. The molecule has 0 amide bonds. The van der Waals surface area contributed by atoms with Crippen molar-refractivity contribution in [3.8, 4) is 17.2 Å². The van der Waals surface area contributed by atoms with Crippen molar-refractivity contribution in [2.24, 2.45) is 0 Å². The number of nitrogens with zero attached hydrogens (tertiary/aromatic N) is 1. The molecule has 0 saturated carbocycles. The van der Waals surface area contributed by atoms with Crippen LogP contribution in [0.15, 0.2) is 40.9 Å². The lowest BCUT2D eigenvalue weighted by molar-refractivity contribution is 0.194. The van der Waals surface area contributed by atoms with E-state index in [1.54, 1.807) is 21.3 Å². The number of hydrogen-bond acceptors (Lipinski definition) is 5. The second-order valence-electron chi connectivity index (χ2n) is 6.16. The van der Waals surface area contributed by atoms with Gasteiger partial charge < -0.3 is 19.5 Å². The van der Waals surface area contributed by atoms with Crippen LogP contribution in [0.3, 0.4) is 0 Å². The van der Waals surface area contributed by atoms with Gasteiger partial charge in [0.05, 0.1) is 27.4 Å². The van der Waals surface area contributed by atoms with Gasteiger partial charge in [-0.25, -0.2) is 0 Å². The highest BCUT2D eigenvalue weighted by Crippen LogP contribution is 2.43. The maximum atomic E-state index is 5.73. The number of methoxy groups -OCH3 is 3. The standard InChI is InChI=1S/C20H25BrN2O3/c1-24-17-13-19(26-3)18(25-2)12-15(17)20(23-10-8-22-9-11-23)14-6-4-5-7-16(14)21/h4-7,12-13,20,22H,8-11H2,1-3H3. The van der Waals surface area contributed by atoms with Crippen LogP contribution in [0.2, 0.25) is 0 Å². The molecular weight excluding hydrogens is 396 g/mol. The first-order valence-corrected chi connectivity index (χ1v) is 9.48. The lowest BCUT2D eigenvalue weighted by Crippen LogP contribution is -2.45. The molecule has 0 spiro atoms. The molecule has 0 radical (unpaired) electrons. The van der Waals surface area contributed by atoms with Crippen LogP contribution < -0.4 is 19.5 Å². The molecule has 1 fully saturated rings. The molecule has 140 valence electrons. The zero-order chi connectivity index (χ0) is 18.5. The predicted molar refractivity (Wildman–Crippen MR) is 107 cm³/mol. The molecule has 1 aliphatic rings. The second kappa shape index (κ2) is 8.75. The first-order valence-electron chi connectivity index (χ1n) is 8.68. The molecule has 0 bridgehead atoms. The molecule has 6 heteroatoms. The van der Waals surface area contributed by atoms with E-state index in [1.807, 2.05) is 18.2 Å². The Kier molecular flexibility index (Phi) is 6.40. The van der Waals surface area contributed by atoms with Gasteiger partial charge in [-0.05, 0) is 17.7 Å². The van der Waals surface area contributed by atoms with Crippen LogP contribution in [0, 0.1) is 0 Å². The summed E-state index contributed by atoms with van der Waals surface area (Å²) in [4.78, 5) is 2.47. The minimum absolute atomic E-state index is 0.0578. The molecule has 1 aliphatic heterocycles. The van der Waals surface area contributed by atoms with Gasteiger partial charge in [0.25, 0.3) is 0 Å². The number of hydrogen-bond donors (Lipinski definition) is 1. The number of ether oxygens (including phenoxy) is 3. The molecule has 0 aliphatic carbocycles. The Morgan fingerprint density at radius 2 is 1.50 bits per heavy atom. The Labute approximate surface area is 163 Å². The van der Waals surface area contributed by atoms with E-state index >= 15 is 0 Å². The fourth-order valence-electron chi connectivity index (χ4n) is 3.46. The third kappa shape index (κ3) is 3.82. The number of piperazine rings is 1. The van der Waals surface area contributed by atoms with Crippen LogP contribution in [0.1, 0.15) is 17.2 Å². The zero-order valence-corrected chi connectivity index (χ0v) is 17.0. The summed E-state index contributed by atoms with van der Waals surface area (Å²) in [5.41, 5.74) is 2.28. The van der Waals surface area contributed by atoms with E-state index in [-0.39, 0.29) is 6.04 Å². The smallest absolute Gasteiger partial charge is 0.164 e. The topological polar surface area (TPSA) is 43.0 Å². The summed E-state index contributed by atoms with van der Waals surface area (Å²) in [5.74, 6) is 2.16. The minimum atomic E-state index is 0.0578. The van der Waals surface area contributed by atoms with Crippen molar-refractivity contribution in [1.29, 1.82) is 0 Å². The molecule has 5 nitrogen and oxygen atoms in total. The Morgan fingerprint density at radius 1 is 0.885 bits per heavy atom. The van der Waals surface area contributed by atoms with Crippen LogP contribution >= 0.6 is 15.9 Å². The molecule has 2 aromatic carbocycles. The molecule has 2 aromatic rings. The third-order valence-corrected chi connectivity index (χ3v) is 5.47. The lowest BCUT2D eigenvalue weighted by atomic mass is 9.95. The van der Waals surface area contributed by atoms with Crippen LogP contribution in [0.4, 0.5) is 0 Å². The predicted octanol–water partition coefficient (Wildman–Crippen LogP) is 3.47. The van der Waals surface area contributed by atoms with E-state index in [0.29, 0.717) is 11.5 Å². The van der Waals surface area contributed by atoms with Crippen molar-refractivity contribution in [3.63, 3.8) is 0 Å². The number of benzene rings is 2. The highest BCUT2D eigenvalue weighted by Gasteiger charge is 2.29. The normalized spacial score (nSPS) is 16.2. The van der Waals surface area contributed by atoms with Crippen LogP contribution in [0.5, 0.6) is 17.2 Å². The lowest BCUT2D eigenvalue weighted by Gasteiger charge is -2.36. The van der Waals surface area contributed by atoms with Gasteiger partial charge in [-0.2, -0.15) is 0 Å². The molecular formula is C20H25BrN2O3. The molecule has 1 atom stereocenters. The summed E-state index contributed by atoms with van der Waals surface area (Å²) < 4.78 is 17.8. The van der Waals surface area contributed by atoms with Gasteiger partial charge in [0.2, 0.25) is 0 Å². The van der Waals surface area contributed by atoms with Gasteiger partial charge in [0.15, 0.2) is 11.5 Å². The first-order chi connectivity index (χ1) is 12.7. The van der Waals surface area contributed by atoms with Gasteiger partial charge in [-0.1, -0.05) is 34.1 Å². The Morgan fingerprint density at radius 3 is 2.12 bits per heavy atom. The molecule has 0 aromatic heterocycles. The quantitative estimate of drug-likeness (QED) is 0.774. The fraction of sp³-hybridized carbons (Fsp3) is 0.400. The van der Waals surface area contributed by atoms with Crippen molar-refractivity contribution >= 4 is 15.9 Å². The van der Waals surface area contributed by atoms with E-state index < -0.39 is 0 Å². The van der Waals surface area contributed by atoms with Crippen molar-refractivity contribution in [2.45, 2.75) is 6.04 Å². The highest BCUT2D eigenvalue weighted by molar-refractivity contribution is 9.10. The maximum absolute atomic E-state index is 5.73. The summed E-state index contributed by atoms with van der Waals surface area (Å²) >= 11 is 3.73. The zero-order valence-electron chi connectivity index (χ0n) is 15.4. The minimum Gasteiger partial charge on any atom is -0.496 e. The van der Waals surface area contributed by atoms with E-state index in [0.717, 1.165) is 42.0 Å². The highest BCUT2D eigenvalue weighted by atomic mass is 79.9. The summed E-state index contributed by atoms with van der Waals surface area (Å²) in [6.07, 6.45) is 0. The van der Waals surface area contributed by atoms with E-state index in [2.05, 4.69) is 44.3 Å². The number of nitrogens with one attached hydrogen (secondary N) is 1. The Bertz CT molecular complexity index is 748. The molecule has 1 heterocycles. The number of halogens is 1. The van der Waals surface area contributed by atoms with Gasteiger partial charge in [0.1, 0.15) is 5.75 Å². The van der Waals surface area contributed by atoms with Crippen LogP contribution in [-0.4, -0.2) is 52.4 Å². The van der Waals surface area contributed by atoms with Gasteiger partial charge in [0, 0.05) is 42.3 Å². The average molecular weight is 421 g/mol. The molecule has 26 heavy (non-hydrogen) atoms. The summed E-state index contributed by atoms with van der Waals surface area (Å²) in [6, 6.07) is 12.3. The Balaban J connectivity index is 2.16. The van der Waals surface area contributed by atoms with Crippen molar-refractivity contribution in [1.82, 2.24) is 10.2 Å². The number of rotatable bonds is 6. The maximum Gasteiger partial charge on any atom is 0.164 e. The van der Waals surface area contributed by atoms with Crippen molar-refractivity contribution < 1.29 is 14.2 Å². The second-order valence-corrected chi connectivity index (χ2v) is 7.01. The van der Waals surface area contributed by atoms with E-state index in [1.165, 1.54) is 5.56 Å². The van der Waals surface area contributed by atoms with E-state index in [4.69, 9.17) is 14.2 Å². The first kappa shape index (κ1) is 19.0. The third-order valence-electron chi connectivity index (χ3n) is 4.75. The van der Waals surface area contributed by atoms with Gasteiger partial charge in [-0.15, -0.1) is 0 Å². The average Bonchev–Trinajstić information content (AvgIpc) is 2.70. The fourth-order valence-corrected chi connectivity index (χ4v) is 3.97. The molecule has 1 saturated heterocycles. The van der Waals surface area contributed by atoms with Crippen LogP contribution in [-0.2, 0) is 0 Å². The summed E-state index contributed by atoms with van der Waals surface area (Å²) in [5, 5.41) is 3.43. The van der Waals surface area contributed by atoms with Crippen molar-refractivity contribution in [3.05, 3.63) is 52.0 Å². The molecule has 1 unspecified atom stereocenters. The molecule has 1 N–H and O–H groups in total. The van der Waals surface area contributed by atoms with Gasteiger partial charge in [-0.3, -0.25) is 4.90 Å². The summed E-state index contributed by atoms with van der Waals surface area (Å²) in [7, 11) is 4.99. The summed E-state index contributed by atoms with van der Waals surface area (Å²) in [6.45, 7) is 3.86.